The van der Waals surface area contributed by atoms with Gasteiger partial charge in [0.2, 0.25) is 5.95 Å². The van der Waals surface area contributed by atoms with E-state index < -0.39 is 5.95 Å². The Morgan fingerprint density at radius 3 is 2.88 bits per heavy atom. The Bertz CT molecular complexity index is 381. The molecule has 1 aromatic rings. The molecule has 1 heterocycles. The average Bonchev–Trinajstić information content (AvgIpc) is 2.23. The zero-order valence-corrected chi connectivity index (χ0v) is 9.83. The second kappa shape index (κ2) is 4.01. The minimum atomic E-state index is -0.453. The summed E-state index contributed by atoms with van der Waals surface area (Å²) in [7, 11) is 1.73. The molecule has 0 bridgehead atoms. The van der Waals surface area contributed by atoms with E-state index in [0.717, 1.165) is 12.1 Å². The van der Waals surface area contributed by atoms with Crippen molar-refractivity contribution in [2.75, 3.05) is 12.4 Å². The molecule has 2 atom stereocenters. The number of nitrogens with zero attached hydrogens (tertiary/aromatic N) is 1. The molecular weight excluding hydrogens is 207 g/mol. The lowest BCUT2D eigenvalue weighted by Crippen LogP contribution is -2.57. The molecule has 88 valence electrons. The summed E-state index contributed by atoms with van der Waals surface area (Å²) in [6, 6.07) is 3.51. The van der Waals surface area contributed by atoms with Gasteiger partial charge in [0.05, 0.1) is 6.10 Å². The Labute approximate surface area is 95.0 Å². The van der Waals surface area contributed by atoms with E-state index >= 15 is 0 Å². The summed E-state index contributed by atoms with van der Waals surface area (Å²) in [4.78, 5) is 3.53. The first kappa shape index (κ1) is 11.3. The van der Waals surface area contributed by atoms with Gasteiger partial charge in [-0.1, -0.05) is 13.8 Å². The third-order valence-corrected chi connectivity index (χ3v) is 3.53. The summed E-state index contributed by atoms with van der Waals surface area (Å²) in [5.41, 5.74) is 0.856. The topological polar surface area (TPSA) is 34.1 Å². The van der Waals surface area contributed by atoms with Crippen molar-refractivity contribution in [3.8, 4) is 0 Å². The Balaban J connectivity index is 2.02. The number of anilines is 1. The van der Waals surface area contributed by atoms with Crippen LogP contribution >= 0.6 is 0 Å². The highest BCUT2D eigenvalue weighted by Crippen LogP contribution is 2.43. The highest BCUT2D eigenvalue weighted by atomic mass is 19.1. The molecule has 1 aromatic heterocycles. The van der Waals surface area contributed by atoms with E-state index in [9.17, 15) is 4.39 Å². The average molecular weight is 224 g/mol. The van der Waals surface area contributed by atoms with E-state index in [2.05, 4.69) is 24.1 Å². The number of rotatable bonds is 3. The van der Waals surface area contributed by atoms with E-state index in [0.29, 0.717) is 6.04 Å². The van der Waals surface area contributed by atoms with Crippen molar-refractivity contribution in [3.05, 3.63) is 24.3 Å². The number of methoxy groups -OCH3 is 1. The summed E-state index contributed by atoms with van der Waals surface area (Å²) in [6.45, 7) is 4.31. The minimum absolute atomic E-state index is 0.0779. The Hall–Kier alpha value is -1.16. The molecule has 0 aliphatic heterocycles. The number of pyridine rings is 1. The highest BCUT2D eigenvalue weighted by molar-refractivity contribution is 5.43. The van der Waals surface area contributed by atoms with Gasteiger partial charge >= 0.3 is 0 Å². The molecule has 0 aromatic carbocycles. The van der Waals surface area contributed by atoms with Crippen LogP contribution in [0.15, 0.2) is 18.3 Å². The van der Waals surface area contributed by atoms with Gasteiger partial charge in [-0.15, -0.1) is 0 Å². The predicted octanol–water partition coefficient (Wildman–Crippen LogP) is 2.45. The molecule has 2 rings (SSSR count). The van der Waals surface area contributed by atoms with Crippen LogP contribution in [0.2, 0.25) is 0 Å². The molecule has 0 radical (unpaired) electrons. The first-order valence-corrected chi connectivity index (χ1v) is 5.45. The molecule has 1 saturated carbocycles. The maximum atomic E-state index is 12.9. The van der Waals surface area contributed by atoms with Crippen LogP contribution in [0.5, 0.6) is 0 Å². The smallest absolute Gasteiger partial charge is 0.214 e. The summed E-state index contributed by atoms with van der Waals surface area (Å²) in [6.07, 6.45) is 2.70. The van der Waals surface area contributed by atoms with Crippen molar-refractivity contribution < 1.29 is 9.13 Å². The largest absolute Gasteiger partial charge is 0.381 e. The van der Waals surface area contributed by atoms with Crippen LogP contribution in [0.3, 0.4) is 0 Å². The van der Waals surface area contributed by atoms with Gasteiger partial charge in [-0.05, 0) is 12.5 Å². The first-order chi connectivity index (χ1) is 7.54. The zero-order chi connectivity index (χ0) is 11.8. The molecular formula is C12H17FN2O. The number of halogens is 1. The molecule has 1 aliphatic rings. The minimum Gasteiger partial charge on any atom is -0.381 e. The standard InChI is InChI=1S/C12H17FN2O/c1-12(2)9(7-10(12)16-3)15-8-4-5-14-11(13)6-8/h4-6,9-10H,7H2,1-3H3,(H,14,15). The fraction of sp³-hybridized carbons (Fsp3) is 0.583. The molecule has 1 aliphatic carbocycles. The quantitative estimate of drug-likeness (QED) is 0.801. The van der Waals surface area contributed by atoms with E-state index in [-0.39, 0.29) is 11.5 Å². The summed E-state index contributed by atoms with van der Waals surface area (Å²) < 4.78 is 18.3. The molecule has 0 saturated heterocycles. The molecule has 4 heteroatoms. The van der Waals surface area contributed by atoms with Gasteiger partial charge in [-0.3, -0.25) is 0 Å². The maximum Gasteiger partial charge on any atom is 0.214 e. The van der Waals surface area contributed by atoms with Gasteiger partial charge in [0, 0.05) is 36.5 Å². The Kier molecular flexibility index (Phi) is 2.84. The third kappa shape index (κ3) is 1.89. The fourth-order valence-corrected chi connectivity index (χ4v) is 2.22. The molecule has 1 N–H and O–H groups in total. The van der Waals surface area contributed by atoms with Gasteiger partial charge in [-0.2, -0.15) is 4.39 Å². The predicted molar refractivity (Wildman–Crippen MR) is 60.8 cm³/mol. The second-order valence-corrected chi connectivity index (χ2v) is 4.85. The van der Waals surface area contributed by atoms with Crippen LogP contribution in [-0.4, -0.2) is 24.2 Å². The monoisotopic (exact) mass is 224 g/mol. The van der Waals surface area contributed by atoms with Crippen LogP contribution in [0, 0.1) is 11.4 Å². The van der Waals surface area contributed by atoms with Crippen molar-refractivity contribution in [1.29, 1.82) is 0 Å². The third-order valence-electron chi connectivity index (χ3n) is 3.53. The van der Waals surface area contributed by atoms with Gasteiger partial charge in [0.1, 0.15) is 0 Å². The molecule has 3 nitrogen and oxygen atoms in total. The van der Waals surface area contributed by atoms with Crippen LogP contribution in [0.25, 0.3) is 0 Å². The van der Waals surface area contributed by atoms with Crippen molar-refractivity contribution in [2.45, 2.75) is 32.4 Å². The Morgan fingerprint density at radius 1 is 1.56 bits per heavy atom. The second-order valence-electron chi connectivity index (χ2n) is 4.85. The van der Waals surface area contributed by atoms with Crippen LogP contribution in [0.4, 0.5) is 10.1 Å². The molecule has 0 spiro atoms. The summed E-state index contributed by atoms with van der Waals surface area (Å²) >= 11 is 0. The number of hydrogen-bond acceptors (Lipinski definition) is 3. The van der Waals surface area contributed by atoms with E-state index in [4.69, 9.17) is 4.74 Å². The van der Waals surface area contributed by atoms with E-state index in [1.54, 1.807) is 13.2 Å². The lowest BCUT2D eigenvalue weighted by molar-refractivity contribution is -0.0794. The zero-order valence-electron chi connectivity index (χ0n) is 9.83. The number of hydrogen-bond donors (Lipinski definition) is 1. The van der Waals surface area contributed by atoms with E-state index in [1.807, 2.05) is 0 Å². The molecule has 0 amide bonds. The van der Waals surface area contributed by atoms with Crippen LogP contribution in [-0.2, 0) is 4.74 Å². The maximum absolute atomic E-state index is 12.9. The van der Waals surface area contributed by atoms with Crippen molar-refractivity contribution in [2.24, 2.45) is 5.41 Å². The van der Waals surface area contributed by atoms with Crippen LogP contribution in [0.1, 0.15) is 20.3 Å². The molecule has 16 heavy (non-hydrogen) atoms. The van der Waals surface area contributed by atoms with Crippen molar-refractivity contribution in [3.63, 3.8) is 0 Å². The van der Waals surface area contributed by atoms with Crippen molar-refractivity contribution >= 4 is 5.69 Å². The number of nitrogens with one attached hydrogen (secondary N) is 1. The van der Waals surface area contributed by atoms with Gasteiger partial charge in [0.25, 0.3) is 0 Å². The SMILES string of the molecule is COC1CC(Nc2ccnc(F)c2)C1(C)C. The van der Waals surface area contributed by atoms with Gasteiger partial charge < -0.3 is 10.1 Å². The lowest BCUT2D eigenvalue weighted by Gasteiger charge is -2.51. The fourth-order valence-electron chi connectivity index (χ4n) is 2.22. The van der Waals surface area contributed by atoms with E-state index in [1.165, 1.54) is 12.3 Å². The normalized spacial score (nSPS) is 27.2. The number of ether oxygens (including phenoxy) is 1. The lowest BCUT2D eigenvalue weighted by atomic mass is 9.64. The summed E-state index contributed by atoms with van der Waals surface area (Å²) in [5, 5.41) is 3.31. The van der Waals surface area contributed by atoms with Gasteiger partial charge in [0.15, 0.2) is 0 Å². The highest BCUT2D eigenvalue weighted by Gasteiger charge is 2.48. The van der Waals surface area contributed by atoms with Crippen molar-refractivity contribution in [1.82, 2.24) is 4.98 Å². The molecule has 1 fully saturated rings. The van der Waals surface area contributed by atoms with Crippen LogP contribution < -0.4 is 5.32 Å². The van der Waals surface area contributed by atoms with Gasteiger partial charge in [-0.25, -0.2) is 4.98 Å². The Morgan fingerprint density at radius 2 is 2.31 bits per heavy atom. The summed E-state index contributed by atoms with van der Waals surface area (Å²) in [5.74, 6) is -0.453. The molecule has 2 unspecified atom stereocenters. The first-order valence-electron chi connectivity index (χ1n) is 5.45. The number of aromatic nitrogens is 1.